The summed E-state index contributed by atoms with van der Waals surface area (Å²) in [5.41, 5.74) is 1.56. The monoisotopic (exact) mass is 465 g/mol. The molecule has 0 saturated heterocycles. The molecule has 0 aliphatic heterocycles. The molecule has 5 nitrogen and oxygen atoms in total. The van der Waals surface area contributed by atoms with Crippen LogP contribution in [0.25, 0.3) is 0 Å². The summed E-state index contributed by atoms with van der Waals surface area (Å²) in [5, 5.41) is 4.23. The fraction of sp³-hybridized carbons (Fsp3) is 0.250. The molecule has 148 valence electrons. The maximum atomic E-state index is 13.8. The zero-order valence-corrected chi connectivity index (χ0v) is 18.0. The van der Waals surface area contributed by atoms with Gasteiger partial charge in [-0.25, -0.2) is 12.8 Å². The number of nitrogens with zero attached hydrogens (tertiary/aromatic N) is 2. The van der Waals surface area contributed by atoms with Crippen LogP contribution in [-0.2, 0) is 16.6 Å². The van der Waals surface area contributed by atoms with Gasteiger partial charge in [-0.3, -0.25) is 9.40 Å². The average Bonchev–Trinajstić information content (AvgIpc) is 3.01. The van der Waals surface area contributed by atoms with Gasteiger partial charge in [0, 0.05) is 11.8 Å². The van der Waals surface area contributed by atoms with E-state index in [0.717, 1.165) is 12.0 Å². The molecular formula is C20H21BrFN3O2S. The van der Waals surface area contributed by atoms with Gasteiger partial charge in [0.15, 0.2) is 5.82 Å². The molecule has 1 unspecified atom stereocenters. The van der Waals surface area contributed by atoms with Crippen LogP contribution in [0.3, 0.4) is 0 Å². The van der Waals surface area contributed by atoms with Crippen LogP contribution in [0, 0.1) is 5.82 Å². The van der Waals surface area contributed by atoms with Crippen molar-refractivity contribution in [3.05, 3.63) is 76.1 Å². The molecule has 1 heterocycles. The molecule has 28 heavy (non-hydrogen) atoms. The second-order valence-corrected chi connectivity index (χ2v) is 9.14. The standard InChI is InChI=1S/C20H21BrFN3O2S/c1-3-14(2)15-8-10-17(11-9-15)28(26,27)24-20-18(21)13-25(23-20)12-16-6-4-5-7-19(16)22/h4-11,13-14H,3,12H2,1-2H3,(H,23,24). The van der Waals surface area contributed by atoms with Crippen molar-refractivity contribution < 1.29 is 12.8 Å². The van der Waals surface area contributed by atoms with Gasteiger partial charge in [-0.05, 0) is 52.0 Å². The number of sulfonamides is 1. The summed E-state index contributed by atoms with van der Waals surface area (Å²) < 4.78 is 43.6. The van der Waals surface area contributed by atoms with Crippen LogP contribution in [0.15, 0.2) is 64.1 Å². The highest BCUT2D eigenvalue weighted by Crippen LogP contribution is 2.25. The van der Waals surface area contributed by atoms with Crippen LogP contribution in [0.2, 0.25) is 0 Å². The Balaban J connectivity index is 1.79. The lowest BCUT2D eigenvalue weighted by molar-refractivity contribution is 0.585. The first kappa shape index (κ1) is 20.5. The molecule has 8 heteroatoms. The lowest BCUT2D eigenvalue weighted by Gasteiger charge is -2.10. The molecule has 0 spiro atoms. The number of hydrogen-bond acceptors (Lipinski definition) is 3. The van der Waals surface area contributed by atoms with E-state index in [1.165, 1.54) is 10.7 Å². The van der Waals surface area contributed by atoms with Crippen molar-refractivity contribution in [2.24, 2.45) is 0 Å². The molecule has 0 amide bonds. The van der Waals surface area contributed by atoms with E-state index in [1.54, 1.807) is 36.5 Å². The summed E-state index contributed by atoms with van der Waals surface area (Å²) in [6.07, 6.45) is 2.59. The Bertz CT molecular complexity index is 1070. The van der Waals surface area contributed by atoms with E-state index in [9.17, 15) is 12.8 Å². The topological polar surface area (TPSA) is 64.0 Å². The van der Waals surface area contributed by atoms with Gasteiger partial charge in [-0.15, -0.1) is 0 Å². The minimum Gasteiger partial charge on any atom is -0.265 e. The molecular weight excluding hydrogens is 445 g/mol. The smallest absolute Gasteiger partial charge is 0.263 e. The Hall–Kier alpha value is -2.19. The normalized spacial score (nSPS) is 12.7. The molecule has 1 atom stereocenters. The summed E-state index contributed by atoms with van der Waals surface area (Å²) in [5.74, 6) is 0.188. The minimum absolute atomic E-state index is 0.155. The number of rotatable bonds is 7. The third-order valence-electron chi connectivity index (χ3n) is 4.61. The Kier molecular flexibility index (Phi) is 6.20. The highest BCUT2D eigenvalue weighted by molar-refractivity contribution is 9.10. The van der Waals surface area contributed by atoms with E-state index in [1.807, 2.05) is 12.1 Å². The molecule has 0 aliphatic carbocycles. The van der Waals surface area contributed by atoms with Crippen LogP contribution in [0.5, 0.6) is 0 Å². The van der Waals surface area contributed by atoms with Gasteiger partial charge in [0.05, 0.1) is 15.9 Å². The Morgan fingerprint density at radius 1 is 1.18 bits per heavy atom. The zero-order chi connectivity index (χ0) is 20.3. The summed E-state index contributed by atoms with van der Waals surface area (Å²) in [6, 6.07) is 13.2. The number of hydrogen-bond donors (Lipinski definition) is 1. The van der Waals surface area contributed by atoms with E-state index < -0.39 is 10.0 Å². The SMILES string of the molecule is CCC(C)c1ccc(S(=O)(=O)Nc2nn(Cc3ccccc3F)cc2Br)cc1. The summed E-state index contributed by atoms with van der Waals surface area (Å²) in [6.45, 7) is 4.38. The van der Waals surface area contributed by atoms with Gasteiger partial charge in [0.2, 0.25) is 0 Å². The molecule has 1 aromatic heterocycles. The van der Waals surface area contributed by atoms with Crippen molar-refractivity contribution in [1.82, 2.24) is 9.78 Å². The molecule has 0 saturated carbocycles. The predicted octanol–water partition coefficient (Wildman–Crippen LogP) is 5.15. The van der Waals surface area contributed by atoms with Crippen LogP contribution < -0.4 is 4.72 Å². The van der Waals surface area contributed by atoms with Gasteiger partial charge in [-0.1, -0.05) is 44.2 Å². The third kappa shape index (κ3) is 4.62. The summed E-state index contributed by atoms with van der Waals surface area (Å²) in [4.78, 5) is 0.162. The van der Waals surface area contributed by atoms with E-state index >= 15 is 0 Å². The fourth-order valence-corrected chi connectivity index (χ4v) is 4.31. The number of anilines is 1. The first-order valence-electron chi connectivity index (χ1n) is 8.89. The lowest BCUT2D eigenvalue weighted by Crippen LogP contribution is -2.14. The van der Waals surface area contributed by atoms with Gasteiger partial charge in [0.25, 0.3) is 10.0 Å². The third-order valence-corrected chi connectivity index (χ3v) is 6.55. The van der Waals surface area contributed by atoms with Crippen molar-refractivity contribution in [2.45, 2.75) is 37.6 Å². The van der Waals surface area contributed by atoms with Crippen LogP contribution in [0.4, 0.5) is 10.2 Å². The van der Waals surface area contributed by atoms with Gasteiger partial charge in [-0.2, -0.15) is 5.10 Å². The maximum absolute atomic E-state index is 13.8. The van der Waals surface area contributed by atoms with Gasteiger partial charge < -0.3 is 0 Å². The molecule has 3 aromatic rings. The van der Waals surface area contributed by atoms with Crippen molar-refractivity contribution in [2.75, 3.05) is 4.72 Å². The number of halogens is 2. The van der Waals surface area contributed by atoms with Crippen molar-refractivity contribution in [3.63, 3.8) is 0 Å². The first-order valence-corrected chi connectivity index (χ1v) is 11.2. The predicted molar refractivity (Wildman–Crippen MR) is 111 cm³/mol. The maximum Gasteiger partial charge on any atom is 0.263 e. The molecule has 0 bridgehead atoms. The second kappa shape index (κ2) is 8.45. The molecule has 0 fully saturated rings. The van der Waals surface area contributed by atoms with E-state index in [-0.39, 0.29) is 23.1 Å². The highest BCUT2D eigenvalue weighted by atomic mass is 79.9. The van der Waals surface area contributed by atoms with Crippen LogP contribution in [-0.4, -0.2) is 18.2 Å². The van der Waals surface area contributed by atoms with Crippen LogP contribution in [0.1, 0.15) is 37.3 Å². The molecule has 3 rings (SSSR count). The second-order valence-electron chi connectivity index (χ2n) is 6.60. The van der Waals surface area contributed by atoms with E-state index in [2.05, 4.69) is 39.6 Å². The Morgan fingerprint density at radius 3 is 2.50 bits per heavy atom. The highest BCUT2D eigenvalue weighted by Gasteiger charge is 2.19. The summed E-state index contributed by atoms with van der Waals surface area (Å²) >= 11 is 3.31. The van der Waals surface area contributed by atoms with Crippen LogP contribution >= 0.6 is 15.9 Å². The Morgan fingerprint density at radius 2 is 1.86 bits per heavy atom. The van der Waals surface area contributed by atoms with Gasteiger partial charge in [0.1, 0.15) is 5.82 Å². The number of nitrogens with one attached hydrogen (secondary N) is 1. The minimum atomic E-state index is -3.78. The Labute approximate surface area is 172 Å². The quantitative estimate of drug-likeness (QED) is 0.524. The summed E-state index contributed by atoms with van der Waals surface area (Å²) in [7, 11) is -3.78. The number of benzene rings is 2. The average molecular weight is 466 g/mol. The van der Waals surface area contributed by atoms with E-state index in [0.29, 0.717) is 16.0 Å². The molecule has 0 aliphatic rings. The first-order chi connectivity index (χ1) is 13.3. The lowest BCUT2D eigenvalue weighted by atomic mass is 9.99. The van der Waals surface area contributed by atoms with Crippen molar-refractivity contribution in [1.29, 1.82) is 0 Å². The number of aromatic nitrogens is 2. The fourth-order valence-electron chi connectivity index (χ4n) is 2.75. The molecule has 1 N–H and O–H groups in total. The van der Waals surface area contributed by atoms with E-state index in [4.69, 9.17) is 0 Å². The molecule has 2 aromatic carbocycles. The van der Waals surface area contributed by atoms with Crippen molar-refractivity contribution >= 4 is 31.8 Å². The van der Waals surface area contributed by atoms with Crippen molar-refractivity contribution in [3.8, 4) is 0 Å². The molecule has 0 radical (unpaired) electrons. The largest absolute Gasteiger partial charge is 0.265 e. The zero-order valence-electron chi connectivity index (χ0n) is 15.6. The van der Waals surface area contributed by atoms with Gasteiger partial charge >= 0.3 is 0 Å².